The van der Waals surface area contributed by atoms with Crippen LogP contribution in [-0.4, -0.2) is 4.98 Å². The largest absolute Gasteiger partial charge is 0.326 e. The van der Waals surface area contributed by atoms with Crippen molar-refractivity contribution in [2.75, 3.05) is 0 Å². The molecule has 0 aliphatic carbocycles. The van der Waals surface area contributed by atoms with Crippen molar-refractivity contribution in [3.05, 3.63) is 65.3 Å². The zero-order chi connectivity index (χ0) is 13.2. The predicted molar refractivity (Wildman–Crippen MR) is 80.1 cm³/mol. The Labute approximate surface area is 116 Å². The van der Waals surface area contributed by atoms with Crippen molar-refractivity contribution in [3.63, 3.8) is 0 Å². The van der Waals surface area contributed by atoms with Crippen LogP contribution < -0.4 is 5.73 Å². The molecule has 1 aromatic heterocycles. The first-order valence-corrected chi connectivity index (χ1v) is 6.49. The molecule has 0 atom stereocenters. The van der Waals surface area contributed by atoms with Crippen molar-refractivity contribution >= 4 is 22.4 Å². The van der Waals surface area contributed by atoms with E-state index in [0.717, 1.165) is 32.6 Å². The summed E-state index contributed by atoms with van der Waals surface area (Å²) in [6.07, 6.45) is 1.85. The molecule has 3 aromatic rings. The minimum Gasteiger partial charge on any atom is -0.326 e. The fourth-order valence-electron chi connectivity index (χ4n) is 2.08. The van der Waals surface area contributed by atoms with Crippen LogP contribution in [0.5, 0.6) is 0 Å². The second-order valence-electron chi connectivity index (χ2n) is 4.46. The minimum atomic E-state index is 0.559. The van der Waals surface area contributed by atoms with Gasteiger partial charge >= 0.3 is 0 Å². The van der Waals surface area contributed by atoms with Gasteiger partial charge < -0.3 is 5.73 Å². The van der Waals surface area contributed by atoms with Crippen LogP contribution in [0, 0.1) is 0 Å². The first-order chi connectivity index (χ1) is 9.26. The quantitative estimate of drug-likeness (QED) is 0.763. The monoisotopic (exact) mass is 268 g/mol. The number of nitrogens with two attached hydrogens (primary N) is 1. The average Bonchev–Trinajstić information content (AvgIpc) is 2.47. The van der Waals surface area contributed by atoms with Crippen molar-refractivity contribution in [1.29, 1.82) is 0 Å². The summed E-state index contributed by atoms with van der Waals surface area (Å²) in [4.78, 5) is 4.48. The number of halogens is 1. The highest BCUT2D eigenvalue weighted by Gasteiger charge is 2.02. The molecule has 0 spiro atoms. The molecule has 2 aromatic carbocycles. The molecule has 0 aliphatic rings. The lowest BCUT2D eigenvalue weighted by Crippen LogP contribution is -1.95. The van der Waals surface area contributed by atoms with Gasteiger partial charge in [0.2, 0.25) is 0 Å². The van der Waals surface area contributed by atoms with Crippen LogP contribution >= 0.6 is 11.6 Å². The third kappa shape index (κ3) is 2.46. The fraction of sp³-hybridized carbons (Fsp3) is 0.0625. The summed E-state index contributed by atoms with van der Waals surface area (Å²) in [7, 11) is 0. The van der Waals surface area contributed by atoms with Crippen molar-refractivity contribution in [3.8, 4) is 11.3 Å². The number of hydrogen-bond acceptors (Lipinski definition) is 2. The Morgan fingerprint density at radius 2 is 1.74 bits per heavy atom. The van der Waals surface area contributed by atoms with E-state index in [4.69, 9.17) is 17.3 Å². The molecule has 3 heteroatoms. The minimum absolute atomic E-state index is 0.559. The molecular weight excluding hydrogens is 256 g/mol. The molecule has 94 valence electrons. The number of pyridine rings is 1. The van der Waals surface area contributed by atoms with Gasteiger partial charge in [-0.05, 0) is 29.1 Å². The summed E-state index contributed by atoms with van der Waals surface area (Å²) in [6.45, 7) is 0.559. The summed E-state index contributed by atoms with van der Waals surface area (Å²) < 4.78 is 0. The molecule has 2 N–H and O–H groups in total. The smallest absolute Gasteiger partial charge is 0.0708 e. The van der Waals surface area contributed by atoms with E-state index in [1.807, 2.05) is 48.7 Å². The second-order valence-corrected chi connectivity index (χ2v) is 4.90. The van der Waals surface area contributed by atoms with Crippen LogP contribution in [0.15, 0.2) is 54.7 Å². The predicted octanol–water partition coefficient (Wildman–Crippen LogP) is 4.01. The van der Waals surface area contributed by atoms with E-state index in [1.54, 1.807) is 0 Å². The highest BCUT2D eigenvalue weighted by molar-refractivity contribution is 6.31. The lowest BCUT2D eigenvalue weighted by molar-refractivity contribution is 1.07. The Bertz CT molecular complexity index is 720. The second kappa shape index (κ2) is 5.00. The lowest BCUT2D eigenvalue weighted by atomic mass is 10.1. The van der Waals surface area contributed by atoms with Gasteiger partial charge in [0.1, 0.15) is 0 Å². The van der Waals surface area contributed by atoms with Crippen molar-refractivity contribution in [2.24, 2.45) is 5.73 Å². The zero-order valence-corrected chi connectivity index (χ0v) is 11.1. The van der Waals surface area contributed by atoms with Crippen LogP contribution in [0.3, 0.4) is 0 Å². The SMILES string of the molecule is NCc1ccc(-c2cc3ccc(Cl)cc3cn2)cc1. The van der Waals surface area contributed by atoms with E-state index >= 15 is 0 Å². The molecule has 0 radical (unpaired) electrons. The molecule has 0 aliphatic heterocycles. The molecule has 0 saturated heterocycles. The van der Waals surface area contributed by atoms with Gasteiger partial charge in [-0.2, -0.15) is 0 Å². The number of benzene rings is 2. The van der Waals surface area contributed by atoms with Gasteiger partial charge in [0, 0.05) is 28.7 Å². The molecule has 0 amide bonds. The molecule has 0 unspecified atom stereocenters. The highest BCUT2D eigenvalue weighted by atomic mass is 35.5. The molecule has 0 bridgehead atoms. The number of hydrogen-bond donors (Lipinski definition) is 1. The third-order valence-electron chi connectivity index (χ3n) is 3.17. The number of nitrogens with zero attached hydrogens (tertiary/aromatic N) is 1. The molecule has 19 heavy (non-hydrogen) atoms. The van der Waals surface area contributed by atoms with Crippen LogP contribution in [0.4, 0.5) is 0 Å². The van der Waals surface area contributed by atoms with Crippen molar-refractivity contribution in [2.45, 2.75) is 6.54 Å². The van der Waals surface area contributed by atoms with E-state index in [1.165, 1.54) is 0 Å². The van der Waals surface area contributed by atoms with E-state index in [9.17, 15) is 0 Å². The Hall–Kier alpha value is -1.90. The van der Waals surface area contributed by atoms with Gasteiger partial charge in [0.25, 0.3) is 0 Å². The summed E-state index contributed by atoms with van der Waals surface area (Å²) in [5.74, 6) is 0. The Kier molecular flexibility index (Phi) is 3.20. The summed E-state index contributed by atoms with van der Waals surface area (Å²) in [5, 5.41) is 2.92. The summed E-state index contributed by atoms with van der Waals surface area (Å²) >= 11 is 5.97. The number of fused-ring (bicyclic) bond motifs is 1. The van der Waals surface area contributed by atoms with Gasteiger partial charge in [-0.25, -0.2) is 0 Å². The van der Waals surface area contributed by atoms with Gasteiger partial charge in [0.05, 0.1) is 5.69 Å². The van der Waals surface area contributed by atoms with Crippen LogP contribution in [0.2, 0.25) is 5.02 Å². The Morgan fingerprint density at radius 1 is 0.947 bits per heavy atom. The van der Waals surface area contributed by atoms with Gasteiger partial charge in [-0.3, -0.25) is 4.98 Å². The number of aromatic nitrogens is 1. The molecule has 0 fully saturated rings. The van der Waals surface area contributed by atoms with Gasteiger partial charge in [-0.15, -0.1) is 0 Å². The fourth-order valence-corrected chi connectivity index (χ4v) is 2.26. The summed E-state index contributed by atoms with van der Waals surface area (Å²) in [6, 6.07) is 16.1. The number of rotatable bonds is 2. The van der Waals surface area contributed by atoms with E-state index in [0.29, 0.717) is 6.54 Å². The first kappa shape index (κ1) is 12.2. The average molecular weight is 269 g/mol. The van der Waals surface area contributed by atoms with Crippen LogP contribution in [-0.2, 0) is 6.54 Å². The molecular formula is C16H13ClN2. The van der Waals surface area contributed by atoms with Crippen LogP contribution in [0.1, 0.15) is 5.56 Å². The molecule has 1 heterocycles. The maximum absolute atomic E-state index is 5.97. The summed E-state index contributed by atoms with van der Waals surface area (Å²) in [5.41, 5.74) is 8.77. The normalized spacial score (nSPS) is 10.8. The van der Waals surface area contributed by atoms with Crippen molar-refractivity contribution < 1.29 is 0 Å². The Balaban J connectivity index is 2.06. The van der Waals surface area contributed by atoms with Crippen molar-refractivity contribution in [1.82, 2.24) is 4.98 Å². The van der Waals surface area contributed by atoms with Crippen LogP contribution in [0.25, 0.3) is 22.0 Å². The topological polar surface area (TPSA) is 38.9 Å². The first-order valence-electron chi connectivity index (χ1n) is 6.11. The zero-order valence-electron chi connectivity index (χ0n) is 10.3. The van der Waals surface area contributed by atoms with E-state index < -0.39 is 0 Å². The standard InChI is InChI=1S/C16H13ClN2/c17-15-6-5-13-8-16(19-10-14(13)7-15)12-3-1-11(9-18)2-4-12/h1-8,10H,9,18H2. The lowest BCUT2D eigenvalue weighted by Gasteiger charge is -2.04. The molecule has 2 nitrogen and oxygen atoms in total. The Morgan fingerprint density at radius 3 is 2.47 bits per heavy atom. The maximum Gasteiger partial charge on any atom is 0.0708 e. The highest BCUT2D eigenvalue weighted by Crippen LogP contribution is 2.24. The van der Waals surface area contributed by atoms with Gasteiger partial charge in [0.15, 0.2) is 0 Å². The molecule has 0 saturated carbocycles. The third-order valence-corrected chi connectivity index (χ3v) is 3.40. The maximum atomic E-state index is 5.97. The van der Waals surface area contributed by atoms with Gasteiger partial charge in [-0.1, -0.05) is 41.9 Å². The van der Waals surface area contributed by atoms with E-state index in [2.05, 4.69) is 11.1 Å². The van der Waals surface area contributed by atoms with E-state index in [-0.39, 0.29) is 0 Å². The molecule has 3 rings (SSSR count).